The molecule has 2 aromatic carbocycles. The lowest BCUT2D eigenvalue weighted by atomic mass is 9.99. The summed E-state index contributed by atoms with van der Waals surface area (Å²) >= 11 is 0. The predicted molar refractivity (Wildman–Crippen MR) is 106 cm³/mol. The third-order valence-electron chi connectivity index (χ3n) is 4.68. The van der Waals surface area contributed by atoms with Crippen LogP contribution in [0.1, 0.15) is 35.1 Å². The molecule has 1 saturated carbocycles. The SMILES string of the molecule is O=C(/C=C/c1ccc(C=C(C(=O)NC2CC2)c2ccc3c(c2)COO3)cc1)NO. The third kappa shape index (κ3) is 4.71. The van der Waals surface area contributed by atoms with Gasteiger partial charge in [0, 0.05) is 23.3 Å². The maximum absolute atomic E-state index is 12.9. The molecular formula is C22H20N2O5. The standard InChI is InChI=1S/C22H20N2O5/c25-21(24-27)10-5-14-1-3-15(4-2-14)11-19(22(26)23-18-7-8-18)16-6-9-20-17(12-16)13-28-29-20/h1-6,9-12,18,27H,7-8,13H2,(H,23,26)(H,24,25)/b10-5+,19-11?. The number of benzene rings is 2. The molecule has 0 saturated heterocycles. The molecule has 2 aliphatic rings. The van der Waals surface area contributed by atoms with E-state index in [2.05, 4.69) is 5.32 Å². The van der Waals surface area contributed by atoms with E-state index in [9.17, 15) is 9.59 Å². The highest BCUT2D eigenvalue weighted by atomic mass is 17.2. The van der Waals surface area contributed by atoms with E-state index in [0.717, 1.165) is 35.1 Å². The normalized spacial score (nSPS) is 15.7. The van der Waals surface area contributed by atoms with Crippen LogP contribution in [0.2, 0.25) is 0 Å². The first-order valence-corrected chi connectivity index (χ1v) is 9.30. The van der Waals surface area contributed by atoms with Crippen LogP contribution in [0.3, 0.4) is 0 Å². The molecule has 0 radical (unpaired) electrons. The highest BCUT2D eigenvalue weighted by Crippen LogP contribution is 2.31. The molecule has 1 heterocycles. The van der Waals surface area contributed by atoms with Gasteiger partial charge in [-0.2, -0.15) is 4.89 Å². The zero-order chi connectivity index (χ0) is 20.2. The summed E-state index contributed by atoms with van der Waals surface area (Å²) in [6.45, 7) is 0.350. The Morgan fingerprint density at radius 2 is 1.83 bits per heavy atom. The fourth-order valence-corrected chi connectivity index (χ4v) is 2.95. The molecule has 2 aromatic rings. The Morgan fingerprint density at radius 3 is 2.55 bits per heavy atom. The molecule has 0 unspecified atom stereocenters. The van der Waals surface area contributed by atoms with Crippen LogP contribution in [0.4, 0.5) is 0 Å². The van der Waals surface area contributed by atoms with Crippen LogP contribution in [0.15, 0.2) is 48.5 Å². The fourth-order valence-electron chi connectivity index (χ4n) is 2.95. The van der Waals surface area contributed by atoms with Crippen LogP contribution in [0.5, 0.6) is 5.75 Å². The molecular weight excluding hydrogens is 372 g/mol. The summed E-state index contributed by atoms with van der Waals surface area (Å²) in [6, 6.07) is 13.2. The summed E-state index contributed by atoms with van der Waals surface area (Å²) in [5, 5.41) is 11.6. The molecule has 0 aromatic heterocycles. The predicted octanol–water partition coefficient (Wildman–Crippen LogP) is 2.85. The Balaban J connectivity index is 1.61. The molecule has 4 rings (SSSR count). The minimum absolute atomic E-state index is 0.115. The molecule has 3 N–H and O–H groups in total. The van der Waals surface area contributed by atoms with Crippen molar-refractivity contribution >= 4 is 29.5 Å². The summed E-state index contributed by atoms with van der Waals surface area (Å²) in [5.74, 6) is -0.0489. The van der Waals surface area contributed by atoms with Crippen molar-refractivity contribution in [2.75, 3.05) is 0 Å². The second-order valence-corrected chi connectivity index (χ2v) is 6.95. The number of hydrogen-bond acceptors (Lipinski definition) is 5. The van der Waals surface area contributed by atoms with E-state index in [0.29, 0.717) is 17.9 Å². The first-order valence-electron chi connectivity index (χ1n) is 9.30. The lowest BCUT2D eigenvalue weighted by Gasteiger charge is -2.10. The van der Waals surface area contributed by atoms with Gasteiger partial charge in [-0.1, -0.05) is 30.3 Å². The lowest BCUT2D eigenvalue weighted by Crippen LogP contribution is -2.26. The topological polar surface area (TPSA) is 96.9 Å². The Bertz CT molecular complexity index is 991. The van der Waals surface area contributed by atoms with Gasteiger partial charge in [-0.3, -0.25) is 14.8 Å². The minimum atomic E-state index is -0.599. The van der Waals surface area contributed by atoms with Crippen molar-refractivity contribution in [2.45, 2.75) is 25.5 Å². The monoisotopic (exact) mass is 392 g/mol. The summed E-state index contributed by atoms with van der Waals surface area (Å²) in [6.07, 6.45) is 6.67. The van der Waals surface area contributed by atoms with Crippen molar-refractivity contribution in [2.24, 2.45) is 0 Å². The van der Waals surface area contributed by atoms with E-state index < -0.39 is 5.91 Å². The van der Waals surface area contributed by atoms with Crippen LogP contribution in [0.25, 0.3) is 17.7 Å². The van der Waals surface area contributed by atoms with Crippen LogP contribution < -0.4 is 15.7 Å². The van der Waals surface area contributed by atoms with E-state index in [-0.39, 0.29) is 11.9 Å². The molecule has 7 heteroatoms. The largest absolute Gasteiger partial charge is 0.349 e. The van der Waals surface area contributed by atoms with Crippen molar-refractivity contribution in [3.8, 4) is 5.75 Å². The van der Waals surface area contributed by atoms with E-state index in [1.165, 1.54) is 6.08 Å². The van der Waals surface area contributed by atoms with E-state index in [1.54, 1.807) is 17.6 Å². The number of nitrogens with one attached hydrogen (secondary N) is 2. The lowest BCUT2D eigenvalue weighted by molar-refractivity contribution is -0.194. The van der Waals surface area contributed by atoms with Crippen LogP contribution in [-0.4, -0.2) is 23.1 Å². The van der Waals surface area contributed by atoms with Gasteiger partial charge in [-0.05, 0) is 53.8 Å². The quantitative estimate of drug-likeness (QED) is 0.231. The highest BCUT2D eigenvalue weighted by Gasteiger charge is 2.26. The smallest absolute Gasteiger partial charge is 0.267 e. The number of hydroxylamine groups is 1. The number of carbonyl (C=O) groups excluding carboxylic acids is 2. The van der Waals surface area contributed by atoms with Gasteiger partial charge in [0.25, 0.3) is 11.8 Å². The number of fused-ring (bicyclic) bond motifs is 1. The molecule has 0 bridgehead atoms. The second-order valence-electron chi connectivity index (χ2n) is 6.95. The van der Waals surface area contributed by atoms with Gasteiger partial charge >= 0.3 is 0 Å². The molecule has 1 fully saturated rings. The molecule has 1 aliphatic heterocycles. The van der Waals surface area contributed by atoms with Gasteiger partial charge in [-0.25, -0.2) is 5.48 Å². The van der Waals surface area contributed by atoms with Gasteiger partial charge in [0.05, 0.1) is 0 Å². The van der Waals surface area contributed by atoms with Crippen molar-refractivity contribution in [3.63, 3.8) is 0 Å². The first-order chi connectivity index (χ1) is 14.1. The Labute approximate surface area is 167 Å². The average Bonchev–Trinajstić information content (AvgIpc) is 3.43. The number of hydrogen-bond donors (Lipinski definition) is 3. The summed E-state index contributed by atoms with van der Waals surface area (Å²) in [7, 11) is 0. The second kappa shape index (κ2) is 8.30. The minimum Gasteiger partial charge on any atom is -0.349 e. The van der Waals surface area contributed by atoms with Gasteiger partial charge in [0.1, 0.15) is 6.61 Å². The fraction of sp³-hybridized carbons (Fsp3) is 0.182. The van der Waals surface area contributed by atoms with E-state index in [1.807, 2.05) is 42.5 Å². The van der Waals surface area contributed by atoms with Gasteiger partial charge in [0.2, 0.25) is 0 Å². The van der Waals surface area contributed by atoms with Crippen LogP contribution in [0, 0.1) is 0 Å². The maximum atomic E-state index is 12.9. The van der Waals surface area contributed by atoms with Crippen LogP contribution in [-0.2, 0) is 21.1 Å². The molecule has 148 valence electrons. The maximum Gasteiger partial charge on any atom is 0.267 e. The third-order valence-corrected chi connectivity index (χ3v) is 4.68. The van der Waals surface area contributed by atoms with E-state index in [4.69, 9.17) is 15.0 Å². The van der Waals surface area contributed by atoms with Gasteiger partial charge in [-0.15, -0.1) is 0 Å². The molecule has 29 heavy (non-hydrogen) atoms. The zero-order valence-electron chi connectivity index (χ0n) is 15.6. The molecule has 1 aliphatic carbocycles. The average molecular weight is 392 g/mol. The Morgan fingerprint density at radius 1 is 1.07 bits per heavy atom. The molecule has 0 atom stereocenters. The molecule has 2 amide bonds. The van der Waals surface area contributed by atoms with Crippen molar-refractivity contribution < 1.29 is 24.6 Å². The number of rotatable bonds is 6. The number of amides is 2. The van der Waals surface area contributed by atoms with Crippen molar-refractivity contribution in [3.05, 3.63) is 70.8 Å². The summed E-state index contributed by atoms with van der Waals surface area (Å²) in [4.78, 5) is 34.0. The van der Waals surface area contributed by atoms with Crippen LogP contribution >= 0.6 is 0 Å². The number of carbonyl (C=O) groups is 2. The van der Waals surface area contributed by atoms with Crippen molar-refractivity contribution in [1.29, 1.82) is 0 Å². The molecule has 0 spiro atoms. The van der Waals surface area contributed by atoms with Gasteiger partial charge in [0.15, 0.2) is 5.75 Å². The first kappa shape index (κ1) is 18.9. The Hall–Kier alpha value is -3.42. The summed E-state index contributed by atoms with van der Waals surface area (Å²) in [5.41, 5.74) is 5.44. The van der Waals surface area contributed by atoms with E-state index >= 15 is 0 Å². The summed E-state index contributed by atoms with van der Waals surface area (Å²) < 4.78 is 0. The molecule has 7 nitrogen and oxygen atoms in total. The Kier molecular flexibility index (Phi) is 5.41. The highest BCUT2D eigenvalue weighted by molar-refractivity contribution is 6.24. The zero-order valence-corrected chi connectivity index (χ0v) is 15.6. The van der Waals surface area contributed by atoms with Gasteiger partial charge < -0.3 is 10.2 Å². The van der Waals surface area contributed by atoms with Crippen molar-refractivity contribution in [1.82, 2.24) is 10.8 Å².